The summed E-state index contributed by atoms with van der Waals surface area (Å²) in [6.45, 7) is 4.58. The number of rotatable bonds is 7. The van der Waals surface area contributed by atoms with Gasteiger partial charge >= 0.3 is 6.03 Å². The third kappa shape index (κ3) is 6.77. The number of nitrogens with one attached hydrogen (secondary N) is 2. The van der Waals surface area contributed by atoms with E-state index >= 15 is 0 Å². The first-order valence-corrected chi connectivity index (χ1v) is 9.45. The molecule has 0 fully saturated rings. The number of para-hydroxylation sites is 1. The van der Waals surface area contributed by atoms with Crippen molar-refractivity contribution in [2.24, 2.45) is 0 Å². The molecular formula is C20H23Cl2N3O2. The molecule has 0 spiro atoms. The first-order chi connectivity index (χ1) is 12.9. The van der Waals surface area contributed by atoms with Gasteiger partial charge in [-0.15, -0.1) is 0 Å². The van der Waals surface area contributed by atoms with Crippen molar-refractivity contribution in [3.8, 4) is 0 Å². The van der Waals surface area contributed by atoms with Crippen LogP contribution >= 0.6 is 23.2 Å². The third-order valence-corrected chi connectivity index (χ3v) is 4.68. The van der Waals surface area contributed by atoms with Crippen molar-refractivity contribution in [1.82, 2.24) is 10.2 Å². The Balaban J connectivity index is 1.85. The number of carbonyl (C=O) groups excluding carboxylic acids is 2. The number of benzene rings is 2. The summed E-state index contributed by atoms with van der Waals surface area (Å²) in [6.07, 6.45) is 0.210. The average Bonchev–Trinajstić information content (AvgIpc) is 2.63. The molecule has 5 nitrogen and oxygen atoms in total. The van der Waals surface area contributed by atoms with E-state index in [0.717, 1.165) is 5.56 Å². The third-order valence-electron chi connectivity index (χ3n) is 3.94. The molecule has 27 heavy (non-hydrogen) atoms. The van der Waals surface area contributed by atoms with Gasteiger partial charge in [0.2, 0.25) is 5.91 Å². The van der Waals surface area contributed by atoms with Crippen LogP contribution in [-0.2, 0) is 11.3 Å². The maximum atomic E-state index is 12.6. The number of nitrogens with zero attached hydrogens (tertiary/aromatic N) is 1. The molecule has 0 atom stereocenters. The van der Waals surface area contributed by atoms with Crippen LogP contribution in [0.25, 0.3) is 0 Å². The average molecular weight is 408 g/mol. The Morgan fingerprint density at radius 3 is 2.37 bits per heavy atom. The zero-order chi connectivity index (χ0) is 19.8. The lowest BCUT2D eigenvalue weighted by Crippen LogP contribution is -2.39. The summed E-state index contributed by atoms with van der Waals surface area (Å²) in [7, 11) is 0. The molecule has 0 aromatic heterocycles. The fraction of sp³-hybridized carbons (Fsp3) is 0.300. The Hall–Kier alpha value is -2.24. The van der Waals surface area contributed by atoms with Crippen molar-refractivity contribution in [3.63, 3.8) is 0 Å². The molecule has 3 amide bonds. The molecule has 0 aliphatic heterocycles. The summed E-state index contributed by atoms with van der Waals surface area (Å²) >= 11 is 12.0. The van der Waals surface area contributed by atoms with E-state index in [-0.39, 0.29) is 30.9 Å². The molecule has 2 aromatic carbocycles. The second-order valence-corrected chi connectivity index (χ2v) is 7.18. The first-order valence-electron chi connectivity index (χ1n) is 8.70. The van der Waals surface area contributed by atoms with Gasteiger partial charge in [0.25, 0.3) is 0 Å². The minimum atomic E-state index is -0.338. The lowest BCUT2D eigenvalue weighted by Gasteiger charge is -2.27. The Kier molecular flexibility index (Phi) is 7.95. The normalized spacial score (nSPS) is 10.6. The fourth-order valence-electron chi connectivity index (χ4n) is 2.52. The second kappa shape index (κ2) is 10.2. The molecule has 2 rings (SSSR count). The molecule has 144 valence electrons. The number of hydrogen-bond donors (Lipinski definition) is 2. The van der Waals surface area contributed by atoms with Gasteiger partial charge in [-0.25, -0.2) is 4.79 Å². The van der Waals surface area contributed by atoms with Crippen molar-refractivity contribution < 1.29 is 9.59 Å². The van der Waals surface area contributed by atoms with Gasteiger partial charge in [0, 0.05) is 31.2 Å². The molecule has 0 aliphatic carbocycles. The molecule has 0 heterocycles. The van der Waals surface area contributed by atoms with Gasteiger partial charge in [-0.3, -0.25) is 4.79 Å². The number of halogens is 2. The highest BCUT2D eigenvalue weighted by Gasteiger charge is 2.17. The Labute approximate surface area is 169 Å². The molecule has 2 aromatic rings. The molecule has 0 aliphatic rings. The van der Waals surface area contributed by atoms with Crippen molar-refractivity contribution in [2.45, 2.75) is 32.9 Å². The molecule has 0 bridgehead atoms. The Bertz CT molecular complexity index is 782. The van der Waals surface area contributed by atoms with Crippen LogP contribution in [0.2, 0.25) is 10.0 Å². The van der Waals surface area contributed by atoms with Crippen LogP contribution in [0.4, 0.5) is 10.5 Å². The van der Waals surface area contributed by atoms with Gasteiger partial charge in [-0.2, -0.15) is 0 Å². The predicted octanol–water partition coefficient (Wildman–Crippen LogP) is 4.94. The quantitative estimate of drug-likeness (QED) is 0.682. The summed E-state index contributed by atoms with van der Waals surface area (Å²) in [5.74, 6) is -0.0453. The highest BCUT2D eigenvalue weighted by Crippen LogP contribution is 2.23. The van der Waals surface area contributed by atoms with Crippen LogP contribution in [0.3, 0.4) is 0 Å². The van der Waals surface area contributed by atoms with Crippen LogP contribution in [0.5, 0.6) is 0 Å². The minimum Gasteiger partial charge on any atom is -0.337 e. The van der Waals surface area contributed by atoms with Gasteiger partial charge in [0.15, 0.2) is 0 Å². The van der Waals surface area contributed by atoms with E-state index in [9.17, 15) is 9.59 Å². The number of hydrogen-bond acceptors (Lipinski definition) is 2. The van der Waals surface area contributed by atoms with Crippen LogP contribution in [0, 0.1) is 0 Å². The van der Waals surface area contributed by atoms with Crippen molar-refractivity contribution in [1.29, 1.82) is 0 Å². The van der Waals surface area contributed by atoms with Crippen LogP contribution < -0.4 is 10.6 Å². The summed E-state index contributed by atoms with van der Waals surface area (Å²) in [6, 6.07) is 14.1. The predicted molar refractivity (Wildman–Crippen MR) is 110 cm³/mol. The first kappa shape index (κ1) is 21.1. The summed E-state index contributed by atoms with van der Waals surface area (Å²) in [5.41, 5.74) is 1.60. The SMILES string of the molecule is CC(C)N(Cc1ccc(Cl)c(Cl)c1)C(=O)CCNC(=O)Nc1ccccc1. The number of anilines is 1. The molecule has 0 saturated heterocycles. The highest BCUT2D eigenvalue weighted by atomic mass is 35.5. The highest BCUT2D eigenvalue weighted by molar-refractivity contribution is 6.42. The topological polar surface area (TPSA) is 61.4 Å². The van der Waals surface area contributed by atoms with Gasteiger partial charge in [-0.1, -0.05) is 47.5 Å². The summed E-state index contributed by atoms with van der Waals surface area (Å²) in [4.78, 5) is 26.2. The van der Waals surface area contributed by atoms with Crippen LogP contribution in [0.15, 0.2) is 48.5 Å². The molecule has 2 N–H and O–H groups in total. The molecule has 7 heteroatoms. The molecular weight excluding hydrogens is 385 g/mol. The smallest absolute Gasteiger partial charge is 0.319 e. The minimum absolute atomic E-state index is 0.0186. The van der Waals surface area contributed by atoms with E-state index < -0.39 is 0 Å². The number of amides is 3. The van der Waals surface area contributed by atoms with Gasteiger partial charge in [0.1, 0.15) is 0 Å². The van der Waals surface area contributed by atoms with Crippen LogP contribution in [-0.4, -0.2) is 29.4 Å². The van der Waals surface area contributed by atoms with E-state index in [1.807, 2.05) is 38.1 Å². The summed E-state index contributed by atoms with van der Waals surface area (Å²) < 4.78 is 0. The molecule has 0 radical (unpaired) electrons. The standard InChI is InChI=1S/C20H23Cl2N3O2/c1-14(2)25(13-15-8-9-17(21)18(22)12-15)19(26)10-11-23-20(27)24-16-6-4-3-5-7-16/h3-9,12,14H,10-11,13H2,1-2H3,(H2,23,24,27). The second-order valence-electron chi connectivity index (χ2n) is 6.36. The van der Waals surface area contributed by atoms with E-state index in [1.165, 1.54) is 0 Å². The largest absolute Gasteiger partial charge is 0.337 e. The Morgan fingerprint density at radius 1 is 1.04 bits per heavy atom. The van der Waals surface area contributed by atoms with E-state index in [0.29, 0.717) is 22.3 Å². The zero-order valence-electron chi connectivity index (χ0n) is 15.3. The van der Waals surface area contributed by atoms with Crippen LogP contribution in [0.1, 0.15) is 25.8 Å². The maximum Gasteiger partial charge on any atom is 0.319 e. The molecule has 0 saturated carbocycles. The number of carbonyl (C=O) groups is 2. The van der Waals surface area contributed by atoms with Gasteiger partial charge in [-0.05, 0) is 43.7 Å². The molecule has 0 unspecified atom stereocenters. The van der Waals surface area contributed by atoms with Crippen molar-refractivity contribution in [2.75, 3.05) is 11.9 Å². The monoisotopic (exact) mass is 407 g/mol. The summed E-state index contributed by atoms with van der Waals surface area (Å²) in [5, 5.41) is 6.36. The maximum absolute atomic E-state index is 12.6. The van der Waals surface area contributed by atoms with Gasteiger partial charge in [0.05, 0.1) is 10.0 Å². The van der Waals surface area contributed by atoms with E-state index in [2.05, 4.69) is 10.6 Å². The van der Waals surface area contributed by atoms with Crippen molar-refractivity contribution in [3.05, 3.63) is 64.1 Å². The Morgan fingerprint density at radius 2 is 1.74 bits per heavy atom. The number of urea groups is 1. The van der Waals surface area contributed by atoms with Crippen molar-refractivity contribution >= 4 is 40.8 Å². The lowest BCUT2D eigenvalue weighted by atomic mass is 10.1. The van der Waals surface area contributed by atoms with E-state index in [1.54, 1.807) is 29.2 Å². The van der Waals surface area contributed by atoms with Gasteiger partial charge < -0.3 is 15.5 Å². The lowest BCUT2D eigenvalue weighted by molar-refractivity contribution is -0.133. The fourth-order valence-corrected chi connectivity index (χ4v) is 2.84. The zero-order valence-corrected chi connectivity index (χ0v) is 16.8. The van der Waals surface area contributed by atoms with E-state index in [4.69, 9.17) is 23.2 Å².